The average molecular weight is 200 g/mol. The maximum atomic E-state index is 11.3. The summed E-state index contributed by atoms with van der Waals surface area (Å²) in [6.07, 6.45) is -0.933. The molecule has 1 N–H and O–H groups in total. The number of carbonyl (C=O) groups is 3. The summed E-state index contributed by atoms with van der Waals surface area (Å²) in [5, 5.41) is 2.22. The fourth-order valence-electron chi connectivity index (χ4n) is 0.915. The number of rotatable bonds is 0. The first-order chi connectivity index (χ1) is 6.31. The summed E-state index contributed by atoms with van der Waals surface area (Å²) in [4.78, 5) is 33.8. The SMILES string of the molecule is CC(C)(C)OC(=O)N1C(=O)CNC1=O. The van der Waals surface area contributed by atoms with Gasteiger partial charge in [-0.2, -0.15) is 4.90 Å². The van der Waals surface area contributed by atoms with Crippen LogP contribution in [0.2, 0.25) is 0 Å². The monoisotopic (exact) mass is 200 g/mol. The number of urea groups is 1. The van der Waals surface area contributed by atoms with Gasteiger partial charge < -0.3 is 10.1 Å². The zero-order chi connectivity index (χ0) is 10.9. The van der Waals surface area contributed by atoms with Crippen LogP contribution in [0.25, 0.3) is 0 Å². The molecule has 0 aliphatic carbocycles. The molecule has 1 rings (SSSR count). The van der Waals surface area contributed by atoms with Gasteiger partial charge in [0.05, 0.1) is 6.54 Å². The third-order valence-electron chi connectivity index (χ3n) is 1.42. The van der Waals surface area contributed by atoms with Gasteiger partial charge >= 0.3 is 12.1 Å². The second-order valence-corrected chi connectivity index (χ2v) is 3.87. The standard InChI is InChI=1S/C8H12N2O4/c1-8(2,3)14-7(13)10-5(11)4-9-6(10)12/h4H2,1-3H3,(H,9,12). The Hall–Kier alpha value is -1.59. The third kappa shape index (κ3) is 2.21. The minimum absolute atomic E-state index is 0.155. The zero-order valence-corrected chi connectivity index (χ0v) is 8.29. The van der Waals surface area contributed by atoms with E-state index in [1.54, 1.807) is 20.8 Å². The molecule has 78 valence electrons. The molecule has 1 heterocycles. The average Bonchev–Trinajstić information content (AvgIpc) is 2.27. The van der Waals surface area contributed by atoms with Gasteiger partial charge in [-0.15, -0.1) is 0 Å². The molecule has 6 heteroatoms. The Bertz CT molecular complexity index is 276. The predicted octanol–water partition coefficient (Wildman–Crippen LogP) is 0.473. The molecule has 0 aromatic heterocycles. The van der Waals surface area contributed by atoms with Crippen LogP contribution in [0.1, 0.15) is 20.8 Å². The molecule has 6 nitrogen and oxygen atoms in total. The minimum atomic E-state index is -0.933. The summed E-state index contributed by atoms with van der Waals surface area (Å²) in [5.41, 5.74) is -0.722. The second-order valence-electron chi connectivity index (χ2n) is 3.87. The van der Waals surface area contributed by atoms with Crippen molar-refractivity contribution in [3.8, 4) is 0 Å². The molecule has 0 saturated carbocycles. The number of imide groups is 3. The summed E-state index contributed by atoms with van der Waals surface area (Å²) in [6.45, 7) is 4.81. The number of nitrogens with one attached hydrogen (secondary N) is 1. The number of nitrogens with zero attached hydrogens (tertiary/aromatic N) is 1. The van der Waals surface area contributed by atoms with Crippen LogP contribution >= 0.6 is 0 Å². The van der Waals surface area contributed by atoms with E-state index < -0.39 is 23.6 Å². The quantitative estimate of drug-likeness (QED) is 0.577. The largest absolute Gasteiger partial charge is 0.443 e. The van der Waals surface area contributed by atoms with E-state index in [4.69, 9.17) is 4.74 Å². The molecule has 1 aliphatic rings. The molecular weight excluding hydrogens is 188 g/mol. The number of hydrogen-bond donors (Lipinski definition) is 1. The molecule has 0 aromatic carbocycles. The molecule has 0 aromatic rings. The Balaban J connectivity index is 2.70. The lowest BCUT2D eigenvalue weighted by Crippen LogP contribution is -2.40. The highest BCUT2D eigenvalue weighted by molar-refractivity contribution is 6.13. The topological polar surface area (TPSA) is 75.7 Å². The molecule has 1 saturated heterocycles. The highest BCUT2D eigenvalue weighted by atomic mass is 16.6. The van der Waals surface area contributed by atoms with E-state index in [-0.39, 0.29) is 6.54 Å². The second kappa shape index (κ2) is 3.28. The molecule has 0 spiro atoms. The van der Waals surface area contributed by atoms with Crippen LogP contribution in [0.5, 0.6) is 0 Å². The van der Waals surface area contributed by atoms with Gasteiger partial charge in [-0.25, -0.2) is 9.59 Å². The number of ether oxygens (including phenoxy) is 1. The van der Waals surface area contributed by atoms with Crippen molar-refractivity contribution in [1.82, 2.24) is 10.2 Å². The smallest absolute Gasteiger partial charge is 0.425 e. The van der Waals surface area contributed by atoms with E-state index in [0.29, 0.717) is 4.90 Å². The number of carbonyl (C=O) groups excluding carboxylic acids is 3. The molecule has 1 fully saturated rings. The first kappa shape index (κ1) is 10.5. The van der Waals surface area contributed by atoms with Crippen molar-refractivity contribution in [1.29, 1.82) is 0 Å². The van der Waals surface area contributed by atoms with E-state index in [9.17, 15) is 14.4 Å². The van der Waals surface area contributed by atoms with Crippen molar-refractivity contribution in [2.24, 2.45) is 0 Å². The van der Waals surface area contributed by atoms with E-state index in [1.807, 2.05) is 0 Å². The zero-order valence-electron chi connectivity index (χ0n) is 8.29. The first-order valence-electron chi connectivity index (χ1n) is 4.15. The molecule has 0 radical (unpaired) electrons. The molecule has 14 heavy (non-hydrogen) atoms. The van der Waals surface area contributed by atoms with Crippen molar-refractivity contribution < 1.29 is 19.1 Å². The summed E-state index contributed by atoms with van der Waals surface area (Å²) >= 11 is 0. The molecular formula is C8H12N2O4. The van der Waals surface area contributed by atoms with E-state index in [1.165, 1.54) is 0 Å². The Morgan fingerprint density at radius 3 is 2.36 bits per heavy atom. The fourth-order valence-corrected chi connectivity index (χ4v) is 0.915. The van der Waals surface area contributed by atoms with Crippen molar-refractivity contribution >= 4 is 18.0 Å². The Morgan fingerprint density at radius 2 is 2.00 bits per heavy atom. The van der Waals surface area contributed by atoms with Gasteiger partial charge in [-0.1, -0.05) is 0 Å². The summed E-state index contributed by atoms with van der Waals surface area (Å²) < 4.78 is 4.87. The number of amides is 4. The van der Waals surface area contributed by atoms with Gasteiger partial charge in [0.1, 0.15) is 5.60 Å². The van der Waals surface area contributed by atoms with Gasteiger partial charge in [0.15, 0.2) is 0 Å². The maximum Gasteiger partial charge on any atom is 0.425 e. The van der Waals surface area contributed by atoms with Crippen molar-refractivity contribution in [3.05, 3.63) is 0 Å². The van der Waals surface area contributed by atoms with Crippen LogP contribution in [0.15, 0.2) is 0 Å². The van der Waals surface area contributed by atoms with Crippen LogP contribution in [0, 0.1) is 0 Å². The van der Waals surface area contributed by atoms with Crippen LogP contribution in [-0.2, 0) is 9.53 Å². The molecule has 1 aliphatic heterocycles. The van der Waals surface area contributed by atoms with E-state index in [2.05, 4.69) is 5.32 Å². The summed E-state index contributed by atoms with van der Waals surface area (Å²) in [7, 11) is 0. The van der Waals surface area contributed by atoms with Crippen LogP contribution in [0.4, 0.5) is 9.59 Å². The highest BCUT2D eigenvalue weighted by Crippen LogP contribution is 2.11. The fraction of sp³-hybridized carbons (Fsp3) is 0.625. The van der Waals surface area contributed by atoms with Gasteiger partial charge in [0.25, 0.3) is 5.91 Å². The molecule has 0 unspecified atom stereocenters. The number of hydrogen-bond acceptors (Lipinski definition) is 4. The van der Waals surface area contributed by atoms with Crippen molar-refractivity contribution in [2.45, 2.75) is 26.4 Å². The van der Waals surface area contributed by atoms with Gasteiger partial charge in [0.2, 0.25) is 0 Å². The minimum Gasteiger partial charge on any atom is -0.443 e. The lowest BCUT2D eigenvalue weighted by molar-refractivity contribution is -0.124. The van der Waals surface area contributed by atoms with Gasteiger partial charge in [0, 0.05) is 0 Å². The molecule has 4 amide bonds. The Kier molecular flexibility index (Phi) is 2.46. The normalized spacial score (nSPS) is 16.9. The van der Waals surface area contributed by atoms with E-state index in [0.717, 1.165) is 0 Å². The highest BCUT2D eigenvalue weighted by Gasteiger charge is 2.37. The maximum absolute atomic E-state index is 11.3. The van der Waals surface area contributed by atoms with Crippen molar-refractivity contribution in [3.63, 3.8) is 0 Å². The summed E-state index contributed by atoms with van der Waals surface area (Å²) in [5.74, 6) is -0.593. The third-order valence-corrected chi connectivity index (χ3v) is 1.42. The lowest BCUT2D eigenvalue weighted by Gasteiger charge is -2.21. The van der Waals surface area contributed by atoms with Gasteiger partial charge in [-0.3, -0.25) is 4.79 Å². The van der Waals surface area contributed by atoms with Crippen LogP contribution < -0.4 is 5.32 Å². The summed E-state index contributed by atoms with van der Waals surface area (Å²) in [6, 6.07) is -0.732. The Labute approximate surface area is 81.2 Å². The predicted molar refractivity (Wildman–Crippen MR) is 46.5 cm³/mol. The van der Waals surface area contributed by atoms with E-state index >= 15 is 0 Å². The molecule has 0 atom stereocenters. The first-order valence-corrected chi connectivity index (χ1v) is 4.15. The van der Waals surface area contributed by atoms with Crippen LogP contribution in [-0.4, -0.2) is 35.1 Å². The molecule has 0 bridgehead atoms. The van der Waals surface area contributed by atoms with Crippen LogP contribution in [0.3, 0.4) is 0 Å². The van der Waals surface area contributed by atoms with Crippen molar-refractivity contribution in [2.75, 3.05) is 6.54 Å². The Morgan fingerprint density at radius 1 is 1.43 bits per heavy atom. The van der Waals surface area contributed by atoms with Gasteiger partial charge in [-0.05, 0) is 20.8 Å². The lowest BCUT2D eigenvalue weighted by atomic mass is 10.2.